The molecule has 0 N–H and O–H groups in total. The molecule has 6 heteroatoms. The maximum absolute atomic E-state index is 11.2. The van der Waals surface area contributed by atoms with Gasteiger partial charge in [-0.1, -0.05) is 12.1 Å². The van der Waals surface area contributed by atoms with Crippen LogP contribution < -0.4 is 9.47 Å². The van der Waals surface area contributed by atoms with Gasteiger partial charge in [0.25, 0.3) is 5.69 Å². The zero-order chi connectivity index (χ0) is 16.1. The summed E-state index contributed by atoms with van der Waals surface area (Å²) in [5.41, 5.74) is 2.05. The summed E-state index contributed by atoms with van der Waals surface area (Å²) >= 11 is 0. The molecule has 0 spiro atoms. The Balaban J connectivity index is 2.46. The number of nitro groups is 1. The minimum absolute atomic E-state index is 0.0888. The smallest absolute Gasteiger partial charge is 0.282 e. The Morgan fingerprint density at radius 1 is 1.14 bits per heavy atom. The number of hydrogen-bond acceptors (Lipinski definition) is 5. The normalized spacial score (nSPS) is 10.7. The van der Waals surface area contributed by atoms with Gasteiger partial charge in [0.1, 0.15) is 0 Å². The number of aryl methyl sites for hydroxylation is 1. The van der Waals surface area contributed by atoms with Crippen LogP contribution in [0.4, 0.5) is 11.4 Å². The van der Waals surface area contributed by atoms with Crippen molar-refractivity contribution in [3.63, 3.8) is 0 Å². The Labute approximate surface area is 128 Å². The molecule has 0 aliphatic rings. The molecule has 0 amide bonds. The minimum Gasteiger partial charge on any atom is -0.493 e. The number of methoxy groups -OCH3 is 2. The molecule has 22 heavy (non-hydrogen) atoms. The fraction of sp³-hybridized carbons (Fsp3) is 0.188. The first-order valence-electron chi connectivity index (χ1n) is 6.56. The highest BCUT2D eigenvalue weighted by molar-refractivity contribution is 5.88. The predicted octanol–water partition coefficient (Wildman–Crippen LogP) is 3.67. The first-order valence-corrected chi connectivity index (χ1v) is 6.56. The Morgan fingerprint density at radius 2 is 1.82 bits per heavy atom. The molecule has 6 nitrogen and oxygen atoms in total. The molecule has 0 radical (unpaired) electrons. The topological polar surface area (TPSA) is 74.0 Å². The molecular weight excluding hydrogens is 284 g/mol. The minimum atomic E-state index is -0.473. The van der Waals surface area contributed by atoms with Crippen LogP contribution in [0.5, 0.6) is 11.5 Å². The van der Waals surface area contributed by atoms with Crippen molar-refractivity contribution >= 4 is 17.6 Å². The Morgan fingerprint density at radius 3 is 2.41 bits per heavy atom. The van der Waals surface area contributed by atoms with E-state index in [1.54, 1.807) is 0 Å². The molecule has 0 unspecified atom stereocenters. The summed E-state index contributed by atoms with van der Waals surface area (Å²) in [6.45, 7) is 1.96. The van der Waals surface area contributed by atoms with Gasteiger partial charge in [-0.3, -0.25) is 15.1 Å². The standard InChI is InChI=1S/C16H16N2O4/c1-11-5-4-6-13(7-11)17-10-12-8-15(21-2)16(22-3)9-14(12)18(19)20/h4-10H,1-3H3. The number of benzene rings is 2. The summed E-state index contributed by atoms with van der Waals surface area (Å²) in [7, 11) is 2.91. The molecule has 0 aromatic heterocycles. The van der Waals surface area contributed by atoms with Crippen LogP contribution in [-0.2, 0) is 0 Å². The van der Waals surface area contributed by atoms with E-state index in [-0.39, 0.29) is 5.69 Å². The number of nitrogens with zero attached hydrogens (tertiary/aromatic N) is 2. The van der Waals surface area contributed by atoms with E-state index in [1.165, 1.54) is 32.6 Å². The highest BCUT2D eigenvalue weighted by Gasteiger charge is 2.18. The van der Waals surface area contributed by atoms with Crippen LogP contribution in [0.15, 0.2) is 41.4 Å². The molecule has 0 saturated carbocycles. The largest absolute Gasteiger partial charge is 0.493 e. The molecule has 2 rings (SSSR count). The summed E-state index contributed by atoms with van der Waals surface area (Å²) in [5, 5.41) is 11.2. The highest BCUT2D eigenvalue weighted by atomic mass is 16.6. The van der Waals surface area contributed by atoms with Crippen LogP contribution in [0.25, 0.3) is 0 Å². The van der Waals surface area contributed by atoms with Gasteiger partial charge in [-0.15, -0.1) is 0 Å². The Hall–Kier alpha value is -2.89. The maximum atomic E-state index is 11.2. The van der Waals surface area contributed by atoms with E-state index in [0.29, 0.717) is 17.1 Å². The summed E-state index contributed by atoms with van der Waals surface area (Å²) in [6, 6.07) is 10.4. The third kappa shape index (κ3) is 3.41. The monoisotopic (exact) mass is 300 g/mol. The lowest BCUT2D eigenvalue weighted by atomic mass is 10.1. The van der Waals surface area contributed by atoms with Gasteiger partial charge >= 0.3 is 0 Å². The van der Waals surface area contributed by atoms with Crippen LogP contribution in [-0.4, -0.2) is 25.4 Å². The zero-order valence-corrected chi connectivity index (χ0v) is 12.6. The van der Waals surface area contributed by atoms with Crippen LogP contribution in [0.3, 0.4) is 0 Å². The second-order valence-corrected chi connectivity index (χ2v) is 4.62. The molecule has 0 fully saturated rings. The summed E-state index contributed by atoms with van der Waals surface area (Å²) in [4.78, 5) is 15.0. The molecular formula is C16H16N2O4. The van der Waals surface area contributed by atoms with E-state index in [9.17, 15) is 10.1 Å². The SMILES string of the molecule is COc1cc(C=Nc2cccc(C)c2)c([N+](=O)[O-])cc1OC. The maximum Gasteiger partial charge on any atom is 0.282 e. The summed E-state index contributed by atoms with van der Waals surface area (Å²) in [6.07, 6.45) is 1.45. The molecule has 2 aromatic rings. The van der Waals surface area contributed by atoms with E-state index < -0.39 is 4.92 Å². The van der Waals surface area contributed by atoms with E-state index in [4.69, 9.17) is 9.47 Å². The van der Waals surface area contributed by atoms with Crippen molar-refractivity contribution in [2.24, 2.45) is 4.99 Å². The van der Waals surface area contributed by atoms with Gasteiger partial charge in [0.05, 0.1) is 36.5 Å². The molecule has 0 aliphatic carbocycles. The van der Waals surface area contributed by atoms with Crippen molar-refractivity contribution < 1.29 is 14.4 Å². The van der Waals surface area contributed by atoms with Crippen molar-refractivity contribution in [3.05, 3.63) is 57.6 Å². The number of rotatable bonds is 5. The molecule has 2 aromatic carbocycles. The van der Waals surface area contributed by atoms with Gasteiger partial charge in [0.2, 0.25) is 0 Å². The Kier molecular flexibility index (Phi) is 4.73. The van der Waals surface area contributed by atoms with Crippen molar-refractivity contribution in [2.45, 2.75) is 6.92 Å². The average molecular weight is 300 g/mol. The quantitative estimate of drug-likeness (QED) is 0.479. The van der Waals surface area contributed by atoms with E-state index >= 15 is 0 Å². The fourth-order valence-corrected chi connectivity index (χ4v) is 2.00. The second-order valence-electron chi connectivity index (χ2n) is 4.62. The van der Waals surface area contributed by atoms with Crippen LogP contribution in [0.1, 0.15) is 11.1 Å². The molecule has 0 bridgehead atoms. The summed E-state index contributed by atoms with van der Waals surface area (Å²) in [5.74, 6) is 0.723. The van der Waals surface area contributed by atoms with Gasteiger partial charge in [-0.05, 0) is 30.7 Å². The van der Waals surface area contributed by atoms with Crippen LogP contribution in [0, 0.1) is 17.0 Å². The predicted molar refractivity (Wildman–Crippen MR) is 84.6 cm³/mol. The molecule has 0 aliphatic heterocycles. The first kappa shape index (κ1) is 15.5. The highest BCUT2D eigenvalue weighted by Crippen LogP contribution is 2.33. The number of hydrogen-bond donors (Lipinski definition) is 0. The zero-order valence-electron chi connectivity index (χ0n) is 12.6. The lowest BCUT2D eigenvalue weighted by Crippen LogP contribution is -1.98. The van der Waals surface area contributed by atoms with Crippen molar-refractivity contribution in [1.29, 1.82) is 0 Å². The van der Waals surface area contributed by atoms with Crippen molar-refractivity contribution in [2.75, 3.05) is 14.2 Å². The van der Waals surface area contributed by atoms with Crippen molar-refractivity contribution in [1.82, 2.24) is 0 Å². The molecule has 0 atom stereocenters. The Bertz CT molecular complexity index is 726. The molecule has 0 saturated heterocycles. The van der Waals surface area contributed by atoms with E-state index in [2.05, 4.69) is 4.99 Å². The second kappa shape index (κ2) is 6.71. The third-order valence-electron chi connectivity index (χ3n) is 3.08. The third-order valence-corrected chi connectivity index (χ3v) is 3.08. The molecule has 114 valence electrons. The lowest BCUT2D eigenvalue weighted by molar-refractivity contribution is -0.385. The van der Waals surface area contributed by atoms with Gasteiger partial charge < -0.3 is 9.47 Å². The van der Waals surface area contributed by atoms with E-state index in [1.807, 2.05) is 31.2 Å². The van der Waals surface area contributed by atoms with Crippen molar-refractivity contribution in [3.8, 4) is 11.5 Å². The fourth-order valence-electron chi connectivity index (χ4n) is 2.00. The summed E-state index contributed by atoms with van der Waals surface area (Å²) < 4.78 is 10.3. The van der Waals surface area contributed by atoms with Crippen LogP contribution in [0.2, 0.25) is 0 Å². The van der Waals surface area contributed by atoms with Crippen LogP contribution >= 0.6 is 0 Å². The average Bonchev–Trinajstić information content (AvgIpc) is 2.51. The number of aliphatic imine (C=N–C) groups is 1. The van der Waals surface area contributed by atoms with Gasteiger partial charge in [-0.2, -0.15) is 0 Å². The van der Waals surface area contributed by atoms with Gasteiger partial charge in [0.15, 0.2) is 11.5 Å². The first-order chi connectivity index (χ1) is 10.5. The van der Waals surface area contributed by atoms with Gasteiger partial charge in [0, 0.05) is 6.21 Å². The van der Waals surface area contributed by atoms with E-state index in [0.717, 1.165) is 11.3 Å². The van der Waals surface area contributed by atoms with Gasteiger partial charge in [-0.25, -0.2) is 0 Å². The number of nitro benzene ring substituents is 1. The molecule has 0 heterocycles. The number of ether oxygens (including phenoxy) is 2. The lowest BCUT2D eigenvalue weighted by Gasteiger charge is -2.08.